The number of rotatable bonds is 3. The Morgan fingerprint density at radius 2 is 2.00 bits per heavy atom. The van der Waals surface area contributed by atoms with Crippen LogP contribution in [0.1, 0.15) is 15.9 Å². The standard InChI is InChI=1S/C9H6F3NO4/c10-9(11,12)4-6-3-5(8(14)15)1-2-7(6)13(16)17/h1-3H,4H2,(H,14,15). The molecule has 17 heavy (non-hydrogen) atoms. The van der Waals surface area contributed by atoms with E-state index in [4.69, 9.17) is 5.11 Å². The van der Waals surface area contributed by atoms with Crippen molar-refractivity contribution in [3.8, 4) is 0 Å². The van der Waals surface area contributed by atoms with E-state index in [1.165, 1.54) is 0 Å². The lowest BCUT2D eigenvalue weighted by molar-refractivity contribution is -0.386. The molecular formula is C9H6F3NO4. The maximum atomic E-state index is 12.1. The number of aromatic carboxylic acids is 1. The van der Waals surface area contributed by atoms with Crippen LogP contribution in [0.15, 0.2) is 18.2 Å². The van der Waals surface area contributed by atoms with Crippen molar-refractivity contribution in [2.24, 2.45) is 0 Å². The highest BCUT2D eigenvalue weighted by molar-refractivity contribution is 5.88. The second-order valence-electron chi connectivity index (χ2n) is 3.20. The summed E-state index contributed by atoms with van der Waals surface area (Å²) in [7, 11) is 0. The van der Waals surface area contributed by atoms with Crippen LogP contribution in [0.3, 0.4) is 0 Å². The van der Waals surface area contributed by atoms with Gasteiger partial charge in [-0.1, -0.05) is 0 Å². The number of benzene rings is 1. The molecule has 5 nitrogen and oxygen atoms in total. The molecular weight excluding hydrogens is 243 g/mol. The van der Waals surface area contributed by atoms with Gasteiger partial charge in [0.1, 0.15) is 0 Å². The Hall–Kier alpha value is -2.12. The summed E-state index contributed by atoms with van der Waals surface area (Å²) in [5, 5.41) is 19.1. The maximum Gasteiger partial charge on any atom is 0.393 e. The molecule has 0 bridgehead atoms. The largest absolute Gasteiger partial charge is 0.478 e. The molecule has 0 saturated heterocycles. The second-order valence-corrected chi connectivity index (χ2v) is 3.20. The smallest absolute Gasteiger partial charge is 0.393 e. The highest BCUT2D eigenvalue weighted by Gasteiger charge is 2.32. The van der Waals surface area contributed by atoms with Crippen LogP contribution in [-0.2, 0) is 6.42 Å². The third-order valence-corrected chi connectivity index (χ3v) is 1.91. The highest BCUT2D eigenvalue weighted by Crippen LogP contribution is 2.28. The topological polar surface area (TPSA) is 80.4 Å². The van der Waals surface area contributed by atoms with Gasteiger partial charge in [-0.3, -0.25) is 10.1 Å². The summed E-state index contributed by atoms with van der Waals surface area (Å²) in [5.74, 6) is -1.44. The molecule has 0 aliphatic rings. The molecule has 8 heteroatoms. The normalized spacial score (nSPS) is 11.2. The molecule has 0 saturated carbocycles. The van der Waals surface area contributed by atoms with Crippen LogP contribution in [0.25, 0.3) is 0 Å². The van der Waals surface area contributed by atoms with Gasteiger partial charge in [0.25, 0.3) is 5.69 Å². The lowest BCUT2D eigenvalue weighted by Gasteiger charge is -2.07. The second kappa shape index (κ2) is 4.40. The molecule has 0 atom stereocenters. The number of halogens is 3. The van der Waals surface area contributed by atoms with Crippen LogP contribution in [0, 0.1) is 10.1 Å². The number of hydrogen-bond acceptors (Lipinski definition) is 3. The average molecular weight is 249 g/mol. The van der Waals surface area contributed by atoms with Crippen molar-refractivity contribution in [2.45, 2.75) is 12.6 Å². The van der Waals surface area contributed by atoms with Gasteiger partial charge in [0.05, 0.1) is 16.9 Å². The third-order valence-electron chi connectivity index (χ3n) is 1.91. The molecule has 0 aromatic heterocycles. The van der Waals surface area contributed by atoms with Crippen molar-refractivity contribution in [2.75, 3.05) is 0 Å². The van der Waals surface area contributed by atoms with E-state index >= 15 is 0 Å². The van der Waals surface area contributed by atoms with E-state index in [1.54, 1.807) is 0 Å². The minimum Gasteiger partial charge on any atom is -0.478 e. The number of carboxylic acid groups (broad SMARTS) is 1. The molecule has 0 unspecified atom stereocenters. The summed E-state index contributed by atoms with van der Waals surface area (Å²) < 4.78 is 36.4. The van der Waals surface area contributed by atoms with E-state index in [1.807, 2.05) is 0 Å². The summed E-state index contributed by atoms with van der Waals surface area (Å²) in [6.45, 7) is 0. The number of nitro groups is 1. The van der Waals surface area contributed by atoms with E-state index in [-0.39, 0.29) is 0 Å². The fraction of sp³-hybridized carbons (Fsp3) is 0.222. The fourth-order valence-electron chi connectivity index (χ4n) is 1.25. The number of hydrogen-bond donors (Lipinski definition) is 1. The quantitative estimate of drug-likeness (QED) is 0.658. The minimum atomic E-state index is -4.64. The zero-order valence-corrected chi connectivity index (χ0v) is 8.19. The van der Waals surface area contributed by atoms with E-state index < -0.39 is 40.3 Å². The fourth-order valence-corrected chi connectivity index (χ4v) is 1.25. The van der Waals surface area contributed by atoms with Gasteiger partial charge in [-0.05, 0) is 12.1 Å². The van der Waals surface area contributed by atoms with Crippen molar-refractivity contribution in [3.05, 3.63) is 39.4 Å². The van der Waals surface area contributed by atoms with Crippen LogP contribution < -0.4 is 0 Å². The van der Waals surface area contributed by atoms with Gasteiger partial charge >= 0.3 is 12.1 Å². The molecule has 0 amide bonds. The Morgan fingerprint density at radius 3 is 2.41 bits per heavy atom. The van der Waals surface area contributed by atoms with Crippen molar-refractivity contribution in [3.63, 3.8) is 0 Å². The Bertz CT molecular complexity index is 470. The summed E-state index contributed by atoms with van der Waals surface area (Å²) in [4.78, 5) is 20.0. The zero-order valence-electron chi connectivity index (χ0n) is 8.19. The first-order valence-electron chi connectivity index (χ1n) is 4.28. The van der Waals surface area contributed by atoms with Crippen LogP contribution in [0.2, 0.25) is 0 Å². The first-order chi connectivity index (χ1) is 7.70. The van der Waals surface area contributed by atoms with Crippen molar-refractivity contribution < 1.29 is 28.0 Å². The van der Waals surface area contributed by atoms with Gasteiger partial charge in [-0.25, -0.2) is 4.79 Å². The van der Waals surface area contributed by atoms with Gasteiger partial charge in [-0.15, -0.1) is 0 Å². The Balaban J connectivity index is 3.25. The summed E-state index contributed by atoms with van der Waals surface area (Å²) in [5.41, 5.74) is -1.83. The van der Waals surface area contributed by atoms with Gasteiger partial charge in [-0.2, -0.15) is 13.2 Å². The monoisotopic (exact) mass is 249 g/mol. The van der Waals surface area contributed by atoms with Crippen LogP contribution in [-0.4, -0.2) is 22.2 Å². The van der Waals surface area contributed by atoms with Gasteiger partial charge < -0.3 is 5.11 Å². The van der Waals surface area contributed by atoms with Crippen molar-refractivity contribution in [1.82, 2.24) is 0 Å². The lowest BCUT2D eigenvalue weighted by Crippen LogP contribution is -2.13. The Kier molecular flexibility index (Phi) is 3.35. The third kappa shape index (κ3) is 3.44. The van der Waals surface area contributed by atoms with Gasteiger partial charge in [0.15, 0.2) is 0 Å². The summed E-state index contributed by atoms with van der Waals surface area (Å²) in [6.07, 6.45) is -6.17. The molecule has 92 valence electrons. The summed E-state index contributed by atoms with van der Waals surface area (Å²) >= 11 is 0. The number of nitrogens with zero attached hydrogens (tertiary/aromatic N) is 1. The summed E-state index contributed by atoms with van der Waals surface area (Å²) in [6, 6.07) is 2.30. The van der Waals surface area contributed by atoms with Gasteiger partial charge in [0, 0.05) is 11.6 Å². The molecule has 0 spiro atoms. The van der Waals surface area contributed by atoms with E-state index in [0.29, 0.717) is 6.07 Å². The molecule has 0 aliphatic carbocycles. The minimum absolute atomic E-state index is 0.421. The lowest BCUT2D eigenvalue weighted by atomic mass is 10.1. The number of alkyl halides is 3. The molecule has 0 heterocycles. The molecule has 1 aromatic carbocycles. The molecule has 1 rings (SSSR count). The van der Waals surface area contributed by atoms with Crippen molar-refractivity contribution >= 4 is 11.7 Å². The van der Waals surface area contributed by atoms with E-state index in [9.17, 15) is 28.1 Å². The first kappa shape index (κ1) is 12.9. The van der Waals surface area contributed by atoms with Gasteiger partial charge in [0.2, 0.25) is 0 Å². The Labute approximate surface area is 92.6 Å². The molecule has 0 radical (unpaired) electrons. The molecule has 0 fully saturated rings. The number of nitro benzene ring substituents is 1. The molecule has 1 aromatic rings. The first-order valence-corrected chi connectivity index (χ1v) is 4.28. The number of carboxylic acids is 1. The average Bonchev–Trinajstić information content (AvgIpc) is 2.14. The number of carbonyl (C=O) groups is 1. The van der Waals surface area contributed by atoms with E-state index in [0.717, 1.165) is 12.1 Å². The zero-order chi connectivity index (χ0) is 13.2. The molecule has 0 aliphatic heterocycles. The maximum absolute atomic E-state index is 12.1. The van der Waals surface area contributed by atoms with Crippen LogP contribution in [0.4, 0.5) is 18.9 Å². The Morgan fingerprint density at radius 1 is 1.41 bits per heavy atom. The predicted molar refractivity (Wildman–Crippen MR) is 49.8 cm³/mol. The van der Waals surface area contributed by atoms with E-state index in [2.05, 4.69) is 0 Å². The highest BCUT2D eigenvalue weighted by atomic mass is 19.4. The van der Waals surface area contributed by atoms with Crippen LogP contribution in [0.5, 0.6) is 0 Å². The predicted octanol–water partition coefficient (Wildman–Crippen LogP) is 2.40. The van der Waals surface area contributed by atoms with Crippen molar-refractivity contribution in [1.29, 1.82) is 0 Å². The van der Waals surface area contributed by atoms with Crippen LogP contribution >= 0.6 is 0 Å². The SMILES string of the molecule is O=C(O)c1ccc([N+](=O)[O-])c(CC(F)(F)F)c1. The molecule has 1 N–H and O–H groups in total.